The van der Waals surface area contributed by atoms with Gasteiger partial charge in [-0.25, -0.2) is 5.43 Å². The first-order valence-corrected chi connectivity index (χ1v) is 5.88. The van der Waals surface area contributed by atoms with E-state index in [4.69, 9.17) is 5.73 Å². The molecule has 0 heterocycles. The SMILES string of the molecule is CCCC/C(=N\NC(N)=NC)c1ccccc1.Cl. The standard InChI is InChI=1S/C13H20N4.ClH/c1-3-4-10-12(16-17-13(14)15-2)11-8-6-5-7-9-11;/h5-9H,3-4,10H2,1-2H3,(H3,14,15,17);1H/b16-12+;. The van der Waals surface area contributed by atoms with E-state index >= 15 is 0 Å². The fourth-order valence-corrected chi connectivity index (χ4v) is 1.41. The van der Waals surface area contributed by atoms with Crippen LogP contribution in [-0.2, 0) is 0 Å². The summed E-state index contributed by atoms with van der Waals surface area (Å²) in [6, 6.07) is 10.1. The molecule has 0 saturated heterocycles. The van der Waals surface area contributed by atoms with Crippen molar-refractivity contribution in [3.05, 3.63) is 35.9 Å². The Balaban J connectivity index is 0.00000289. The molecule has 1 aromatic carbocycles. The summed E-state index contributed by atoms with van der Waals surface area (Å²) >= 11 is 0. The molecular weight excluding hydrogens is 248 g/mol. The summed E-state index contributed by atoms with van der Waals surface area (Å²) in [4.78, 5) is 3.81. The molecule has 1 aromatic rings. The van der Waals surface area contributed by atoms with Crippen molar-refractivity contribution >= 4 is 24.1 Å². The van der Waals surface area contributed by atoms with Gasteiger partial charge in [-0.2, -0.15) is 5.10 Å². The van der Waals surface area contributed by atoms with Crippen LogP contribution in [0.15, 0.2) is 40.4 Å². The zero-order valence-corrected chi connectivity index (χ0v) is 11.7. The van der Waals surface area contributed by atoms with Crippen molar-refractivity contribution in [3.63, 3.8) is 0 Å². The summed E-state index contributed by atoms with van der Waals surface area (Å²) in [5, 5.41) is 4.31. The van der Waals surface area contributed by atoms with Crippen molar-refractivity contribution in [2.45, 2.75) is 26.2 Å². The number of hydrogen-bond donors (Lipinski definition) is 2. The normalized spacial score (nSPS) is 11.9. The van der Waals surface area contributed by atoms with Crippen LogP contribution in [0.2, 0.25) is 0 Å². The maximum atomic E-state index is 5.56. The van der Waals surface area contributed by atoms with Crippen LogP contribution in [0.5, 0.6) is 0 Å². The van der Waals surface area contributed by atoms with Crippen LogP contribution in [0, 0.1) is 0 Å². The molecule has 0 unspecified atom stereocenters. The molecule has 0 aliphatic heterocycles. The molecule has 5 heteroatoms. The highest BCUT2D eigenvalue weighted by Gasteiger charge is 2.02. The van der Waals surface area contributed by atoms with E-state index in [2.05, 4.69) is 34.6 Å². The Bertz CT molecular complexity index is 387. The number of nitrogens with zero attached hydrogens (tertiary/aromatic N) is 2. The van der Waals surface area contributed by atoms with Gasteiger partial charge in [0.15, 0.2) is 0 Å². The second-order valence-electron chi connectivity index (χ2n) is 3.75. The Labute approximate surface area is 115 Å². The third-order valence-corrected chi connectivity index (χ3v) is 2.42. The number of rotatable bonds is 5. The monoisotopic (exact) mass is 268 g/mol. The van der Waals surface area contributed by atoms with Crippen LogP contribution in [0.3, 0.4) is 0 Å². The van der Waals surface area contributed by atoms with Crippen LogP contribution in [0.4, 0.5) is 0 Å². The Morgan fingerprint density at radius 2 is 1.94 bits per heavy atom. The maximum Gasteiger partial charge on any atom is 0.209 e. The average molecular weight is 269 g/mol. The molecule has 3 N–H and O–H groups in total. The van der Waals surface area contributed by atoms with Gasteiger partial charge >= 0.3 is 0 Å². The fraction of sp³-hybridized carbons (Fsp3) is 0.385. The number of nitrogens with two attached hydrogens (primary N) is 1. The van der Waals surface area contributed by atoms with Crippen molar-refractivity contribution in [2.24, 2.45) is 15.8 Å². The van der Waals surface area contributed by atoms with E-state index in [0.29, 0.717) is 5.96 Å². The van der Waals surface area contributed by atoms with Crippen LogP contribution in [0.25, 0.3) is 0 Å². The number of nitrogens with one attached hydrogen (secondary N) is 1. The van der Waals surface area contributed by atoms with Gasteiger partial charge in [-0.3, -0.25) is 4.99 Å². The molecule has 0 aliphatic carbocycles. The molecule has 100 valence electrons. The van der Waals surface area contributed by atoms with E-state index < -0.39 is 0 Å². The van der Waals surface area contributed by atoms with Gasteiger partial charge in [-0.05, 0) is 18.4 Å². The smallest absolute Gasteiger partial charge is 0.209 e. The Morgan fingerprint density at radius 3 is 2.50 bits per heavy atom. The first-order chi connectivity index (χ1) is 8.27. The van der Waals surface area contributed by atoms with Crippen molar-refractivity contribution in [1.29, 1.82) is 0 Å². The lowest BCUT2D eigenvalue weighted by Crippen LogP contribution is -2.28. The molecule has 0 bridgehead atoms. The van der Waals surface area contributed by atoms with Gasteiger partial charge in [0, 0.05) is 7.05 Å². The van der Waals surface area contributed by atoms with Crippen molar-refractivity contribution in [2.75, 3.05) is 7.05 Å². The van der Waals surface area contributed by atoms with E-state index in [-0.39, 0.29) is 12.4 Å². The van der Waals surface area contributed by atoms with Gasteiger partial charge in [-0.15, -0.1) is 12.4 Å². The Morgan fingerprint density at radius 1 is 1.28 bits per heavy atom. The van der Waals surface area contributed by atoms with Gasteiger partial charge in [0.1, 0.15) is 0 Å². The number of guanidine groups is 1. The van der Waals surface area contributed by atoms with E-state index in [9.17, 15) is 0 Å². The van der Waals surface area contributed by atoms with Crippen LogP contribution < -0.4 is 11.2 Å². The van der Waals surface area contributed by atoms with Gasteiger partial charge < -0.3 is 5.73 Å². The summed E-state index contributed by atoms with van der Waals surface area (Å²) < 4.78 is 0. The third kappa shape index (κ3) is 5.68. The second kappa shape index (κ2) is 9.48. The highest BCUT2D eigenvalue weighted by Crippen LogP contribution is 2.07. The molecule has 0 atom stereocenters. The summed E-state index contributed by atoms with van der Waals surface area (Å²) in [6.45, 7) is 2.16. The zero-order chi connectivity index (χ0) is 12.5. The fourth-order valence-electron chi connectivity index (χ4n) is 1.41. The summed E-state index contributed by atoms with van der Waals surface area (Å²) in [7, 11) is 1.63. The predicted molar refractivity (Wildman–Crippen MR) is 80.4 cm³/mol. The van der Waals surface area contributed by atoms with E-state index in [1.54, 1.807) is 7.05 Å². The average Bonchev–Trinajstić information content (AvgIpc) is 2.39. The first-order valence-electron chi connectivity index (χ1n) is 5.88. The minimum atomic E-state index is 0. The molecule has 0 fully saturated rings. The largest absolute Gasteiger partial charge is 0.369 e. The molecule has 1 rings (SSSR count). The van der Waals surface area contributed by atoms with Crippen molar-refractivity contribution in [3.8, 4) is 0 Å². The van der Waals surface area contributed by atoms with Crippen molar-refractivity contribution < 1.29 is 0 Å². The van der Waals surface area contributed by atoms with Gasteiger partial charge in [-0.1, -0.05) is 43.7 Å². The number of halogens is 1. The molecule has 0 aromatic heterocycles. The zero-order valence-electron chi connectivity index (χ0n) is 10.9. The summed E-state index contributed by atoms with van der Waals surface area (Å²) in [5.74, 6) is 0.329. The minimum Gasteiger partial charge on any atom is -0.369 e. The van der Waals surface area contributed by atoms with Gasteiger partial charge in [0.2, 0.25) is 5.96 Å². The number of unbranched alkanes of at least 4 members (excludes halogenated alkanes) is 1. The molecule has 4 nitrogen and oxygen atoms in total. The van der Waals surface area contributed by atoms with Crippen molar-refractivity contribution in [1.82, 2.24) is 5.43 Å². The lowest BCUT2D eigenvalue weighted by atomic mass is 10.1. The highest BCUT2D eigenvalue weighted by atomic mass is 35.5. The predicted octanol–water partition coefficient (Wildman–Crippen LogP) is 2.54. The number of hydrogen-bond acceptors (Lipinski definition) is 2. The molecule has 18 heavy (non-hydrogen) atoms. The molecule has 0 spiro atoms. The molecule has 0 aliphatic rings. The number of benzene rings is 1. The first kappa shape index (κ1) is 16.4. The summed E-state index contributed by atoms with van der Waals surface area (Å²) in [5.41, 5.74) is 10.5. The van der Waals surface area contributed by atoms with Crippen LogP contribution in [-0.4, -0.2) is 18.7 Å². The second-order valence-corrected chi connectivity index (χ2v) is 3.75. The third-order valence-electron chi connectivity index (χ3n) is 2.42. The number of aliphatic imine (C=N–C) groups is 1. The Kier molecular flexibility index (Phi) is 8.66. The van der Waals surface area contributed by atoms with Crippen LogP contribution in [0.1, 0.15) is 31.7 Å². The molecular formula is C13H21ClN4. The molecule has 0 saturated carbocycles. The summed E-state index contributed by atoms with van der Waals surface area (Å²) in [6.07, 6.45) is 3.19. The van der Waals surface area contributed by atoms with Gasteiger partial charge in [0.05, 0.1) is 5.71 Å². The maximum absolute atomic E-state index is 5.56. The van der Waals surface area contributed by atoms with E-state index in [1.165, 1.54) is 0 Å². The molecule has 0 radical (unpaired) electrons. The minimum absolute atomic E-state index is 0. The number of hydrazone groups is 1. The van der Waals surface area contributed by atoms with E-state index in [0.717, 1.165) is 30.5 Å². The topological polar surface area (TPSA) is 62.8 Å². The lowest BCUT2D eigenvalue weighted by Gasteiger charge is -2.06. The van der Waals surface area contributed by atoms with E-state index in [1.807, 2.05) is 18.2 Å². The lowest BCUT2D eigenvalue weighted by molar-refractivity contribution is 0.827. The Hall–Kier alpha value is -1.55. The highest BCUT2D eigenvalue weighted by molar-refractivity contribution is 6.01. The molecule has 0 amide bonds. The van der Waals surface area contributed by atoms with Gasteiger partial charge in [0.25, 0.3) is 0 Å². The van der Waals surface area contributed by atoms with Crippen LogP contribution >= 0.6 is 12.4 Å². The quantitative estimate of drug-likeness (QED) is 0.490.